The van der Waals surface area contributed by atoms with Gasteiger partial charge in [0.1, 0.15) is 6.20 Å². The van der Waals surface area contributed by atoms with Gasteiger partial charge >= 0.3 is 5.00 Å². The van der Waals surface area contributed by atoms with Crippen molar-refractivity contribution in [1.82, 2.24) is 9.97 Å². The van der Waals surface area contributed by atoms with Gasteiger partial charge in [-0.05, 0) is 24.7 Å². The molecule has 0 saturated heterocycles. The van der Waals surface area contributed by atoms with Crippen molar-refractivity contribution in [2.24, 2.45) is 0 Å². The molecule has 0 atom stereocenters. The number of nitro groups is 1. The van der Waals surface area contributed by atoms with E-state index >= 15 is 0 Å². The fraction of sp³-hybridized carbons (Fsp3) is 0.333. The molecule has 2 rings (SSSR count). The van der Waals surface area contributed by atoms with Crippen molar-refractivity contribution in [2.75, 3.05) is 10.6 Å². The Labute approximate surface area is 138 Å². The van der Waals surface area contributed by atoms with Crippen molar-refractivity contribution in [1.29, 1.82) is 0 Å². The Morgan fingerprint density at radius 2 is 1.70 bits per heavy atom. The highest BCUT2D eigenvalue weighted by atomic mass is 32.1. The minimum absolute atomic E-state index is 0.123. The number of aryl methyl sites for hydroxylation is 1. The normalized spacial score (nSPS) is 10.3. The summed E-state index contributed by atoms with van der Waals surface area (Å²) in [5.74, 6) is -0.552. The molecule has 2 aromatic rings. The average molecular weight is 355 g/mol. The first-order valence-electron chi connectivity index (χ1n) is 6.56. The van der Waals surface area contributed by atoms with Crippen LogP contribution in [0.2, 0.25) is 0 Å². The SMILES string of the molecule is Cc1cnc(NC(=O)CCCC(=O)Nc2ncc([N+](=O)[O-])s2)s1. The van der Waals surface area contributed by atoms with Gasteiger partial charge in [0, 0.05) is 23.9 Å². The molecule has 2 aromatic heterocycles. The van der Waals surface area contributed by atoms with Crippen molar-refractivity contribution in [2.45, 2.75) is 26.2 Å². The quantitative estimate of drug-likeness (QED) is 0.580. The van der Waals surface area contributed by atoms with Crippen molar-refractivity contribution >= 4 is 49.8 Å². The summed E-state index contributed by atoms with van der Waals surface area (Å²) in [6.45, 7) is 1.89. The molecule has 2 N–H and O–H groups in total. The van der Waals surface area contributed by atoms with Crippen LogP contribution in [0.5, 0.6) is 0 Å². The number of nitrogens with zero attached hydrogens (tertiary/aromatic N) is 3. The van der Waals surface area contributed by atoms with Crippen molar-refractivity contribution in [3.8, 4) is 0 Å². The van der Waals surface area contributed by atoms with E-state index in [4.69, 9.17) is 0 Å². The Morgan fingerprint density at radius 3 is 2.17 bits per heavy atom. The minimum atomic E-state index is -0.571. The summed E-state index contributed by atoms with van der Waals surface area (Å²) in [5, 5.41) is 16.2. The Balaban J connectivity index is 1.69. The molecule has 11 heteroatoms. The van der Waals surface area contributed by atoms with Crippen LogP contribution in [-0.2, 0) is 9.59 Å². The summed E-state index contributed by atoms with van der Waals surface area (Å²) in [6, 6.07) is 0. The maximum Gasteiger partial charge on any atom is 0.345 e. The summed E-state index contributed by atoms with van der Waals surface area (Å²) >= 11 is 2.16. The highest BCUT2D eigenvalue weighted by molar-refractivity contribution is 7.18. The van der Waals surface area contributed by atoms with Gasteiger partial charge in [0.2, 0.25) is 11.8 Å². The lowest BCUT2D eigenvalue weighted by atomic mass is 10.2. The Hall–Kier alpha value is -2.40. The molecule has 122 valence electrons. The van der Waals surface area contributed by atoms with Gasteiger partial charge in [0.05, 0.1) is 4.92 Å². The molecule has 0 fully saturated rings. The lowest BCUT2D eigenvalue weighted by Gasteiger charge is -2.02. The van der Waals surface area contributed by atoms with Gasteiger partial charge in [0.15, 0.2) is 10.3 Å². The Bertz CT molecular complexity index is 727. The second kappa shape index (κ2) is 7.74. The largest absolute Gasteiger partial charge is 0.345 e. The number of hydrogen-bond donors (Lipinski definition) is 2. The summed E-state index contributed by atoms with van der Waals surface area (Å²) < 4.78 is 0. The van der Waals surface area contributed by atoms with Crippen LogP contribution >= 0.6 is 22.7 Å². The van der Waals surface area contributed by atoms with Gasteiger partial charge in [-0.15, -0.1) is 11.3 Å². The number of rotatable bonds is 7. The zero-order valence-electron chi connectivity index (χ0n) is 12.1. The van der Waals surface area contributed by atoms with Crippen molar-refractivity contribution in [3.05, 3.63) is 27.4 Å². The van der Waals surface area contributed by atoms with E-state index in [1.54, 1.807) is 6.20 Å². The Kier molecular flexibility index (Phi) is 5.71. The lowest BCUT2D eigenvalue weighted by Crippen LogP contribution is -2.14. The van der Waals surface area contributed by atoms with E-state index in [0.717, 1.165) is 22.4 Å². The first kappa shape index (κ1) is 17.0. The van der Waals surface area contributed by atoms with Crippen LogP contribution < -0.4 is 10.6 Å². The predicted octanol–water partition coefficient (Wildman–Crippen LogP) is 2.56. The van der Waals surface area contributed by atoms with E-state index in [9.17, 15) is 19.7 Å². The third-order valence-corrected chi connectivity index (χ3v) is 4.29. The van der Waals surface area contributed by atoms with E-state index in [0.29, 0.717) is 11.6 Å². The van der Waals surface area contributed by atoms with Crippen LogP contribution in [0.1, 0.15) is 24.1 Å². The zero-order valence-corrected chi connectivity index (χ0v) is 13.7. The second-order valence-corrected chi connectivity index (χ2v) is 6.73. The minimum Gasteiger partial charge on any atom is -0.302 e. The number of hydrogen-bond acceptors (Lipinski definition) is 8. The monoisotopic (exact) mass is 355 g/mol. The maximum absolute atomic E-state index is 11.7. The van der Waals surface area contributed by atoms with Gasteiger partial charge in [0.25, 0.3) is 0 Å². The molecule has 0 aliphatic carbocycles. The van der Waals surface area contributed by atoms with E-state index in [1.807, 2.05) is 6.92 Å². The molecule has 0 radical (unpaired) electrons. The molecule has 23 heavy (non-hydrogen) atoms. The molecule has 0 bridgehead atoms. The van der Waals surface area contributed by atoms with Gasteiger partial charge in [-0.2, -0.15) is 0 Å². The second-order valence-electron chi connectivity index (χ2n) is 4.49. The van der Waals surface area contributed by atoms with Crippen LogP contribution in [0.4, 0.5) is 15.3 Å². The molecule has 0 aliphatic heterocycles. The maximum atomic E-state index is 11.7. The molecular formula is C12H13N5O4S2. The van der Waals surface area contributed by atoms with E-state index in [2.05, 4.69) is 20.6 Å². The van der Waals surface area contributed by atoms with Gasteiger partial charge in [-0.3, -0.25) is 19.7 Å². The van der Waals surface area contributed by atoms with E-state index < -0.39 is 4.92 Å². The molecule has 0 saturated carbocycles. The third-order valence-electron chi connectivity index (χ3n) is 2.60. The van der Waals surface area contributed by atoms with E-state index in [-0.39, 0.29) is 34.8 Å². The third kappa shape index (κ3) is 5.38. The van der Waals surface area contributed by atoms with Crippen molar-refractivity contribution in [3.63, 3.8) is 0 Å². The van der Waals surface area contributed by atoms with Crippen LogP contribution in [0.15, 0.2) is 12.4 Å². The topological polar surface area (TPSA) is 127 Å². The fourth-order valence-electron chi connectivity index (χ4n) is 1.59. The van der Waals surface area contributed by atoms with E-state index in [1.165, 1.54) is 11.3 Å². The highest BCUT2D eigenvalue weighted by Crippen LogP contribution is 2.25. The summed E-state index contributed by atoms with van der Waals surface area (Å²) in [4.78, 5) is 42.1. The van der Waals surface area contributed by atoms with Crippen molar-refractivity contribution < 1.29 is 14.5 Å². The number of amides is 2. The number of thiazole rings is 2. The van der Waals surface area contributed by atoms with Crippen LogP contribution in [0.25, 0.3) is 0 Å². The first-order valence-corrected chi connectivity index (χ1v) is 8.19. The standard InChI is InChI=1S/C12H13N5O4S2/c1-7-5-13-11(22-7)15-8(18)3-2-4-9(19)16-12-14-6-10(23-12)17(20)21/h5-6H,2-4H2,1H3,(H,13,15,18)(H,14,16,19). The van der Waals surface area contributed by atoms with Crippen LogP contribution in [0.3, 0.4) is 0 Å². The number of anilines is 2. The molecule has 0 unspecified atom stereocenters. The van der Waals surface area contributed by atoms with Crippen LogP contribution in [-0.4, -0.2) is 26.7 Å². The zero-order chi connectivity index (χ0) is 16.8. The Morgan fingerprint density at radius 1 is 1.13 bits per heavy atom. The number of nitrogens with one attached hydrogen (secondary N) is 2. The molecule has 0 aromatic carbocycles. The number of carbonyl (C=O) groups excluding carboxylic acids is 2. The molecule has 0 aliphatic rings. The van der Waals surface area contributed by atoms with Gasteiger partial charge in [-0.25, -0.2) is 9.97 Å². The first-order chi connectivity index (χ1) is 10.9. The van der Waals surface area contributed by atoms with Crippen LogP contribution in [0, 0.1) is 17.0 Å². The smallest absolute Gasteiger partial charge is 0.302 e. The highest BCUT2D eigenvalue weighted by Gasteiger charge is 2.13. The number of carbonyl (C=O) groups is 2. The predicted molar refractivity (Wildman–Crippen MR) is 86.7 cm³/mol. The molecule has 2 heterocycles. The summed E-state index contributed by atoms with van der Waals surface area (Å²) in [7, 11) is 0. The number of aromatic nitrogens is 2. The fourth-order valence-corrected chi connectivity index (χ4v) is 2.92. The average Bonchev–Trinajstić information content (AvgIpc) is 3.08. The molecular weight excluding hydrogens is 342 g/mol. The molecule has 9 nitrogen and oxygen atoms in total. The molecule has 0 spiro atoms. The summed E-state index contributed by atoms with van der Waals surface area (Å²) in [5.41, 5.74) is 0. The lowest BCUT2D eigenvalue weighted by molar-refractivity contribution is -0.380. The van der Waals surface area contributed by atoms with Gasteiger partial charge in [-0.1, -0.05) is 0 Å². The summed E-state index contributed by atoms with van der Waals surface area (Å²) in [6.07, 6.45) is 3.42. The molecule has 2 amide bonds. The van der Waals surface area contributed by atoms with Gasteiger partial charge < -0.3 is 10.6 Å².